The predicted octanol–water partition coefficient (Wildman–Crippen LogP) is 5.49. The monoisotopic (exact) mass is 448 g/mol. The molecule has 0 bridgehead atoms. The van der Waals surface area contributed by atoms with Gasteiger partial charge in [-0.3, -0.25) is 10.1 Å². The maximum Gasteiger partial charge on any atom is 0.321 e. The number of carbonyl (C=O) groups is 1. The van der Waals surface area contributed by atoms with Crippen LogP contribution < -0.4 is 10.1 Å². The Hall–Kier alpha value is -3.28. The molecule has 0 aliphatic rings. The lowest BCUT2D eigenvalue weighted by atomic mass is 10.0. The molecule has 32 heavy (non-hydrogen) atoms. The van der Waals surface area contributed by atoms with E-state index in [2.05, 4.69) is 16.4 Å². The first-order valence-corrected chi connectivity index (χ1v) is 10.9. The summed E-state index contributed by atoms with van der Waals surface area (Å²) >= 11 is 6.21. The first kappa shape index (κ1) is 21.9. The standard InChI is InChI=1S/C26H25ClN2O3/c1-17-5-4-6-18(11-17)16-32-25-10-9-21(27)12-20(25)15-29-24(26(30)31)13-19-14-28-23-8-3-2-7-22(19)23/h2-12,14,24,28-29H,13,15-16H2,1H3,(H,30,31)/t24-/m1/s1. The second kappa shape index (κ2) is 9.90. The zero-order valence-electron chi connectivity index (χ0n) is 17.8. The number of rotatable bonds is 9. The summed E-state index contributed by atoms with van der Waals surface area (Å²) in [5.41, 5.74) is 5.01. The van der Waals surface area contributed by atoms with Crippen molar-refractivity contribution in [3.63, 3.8) is 0 Å². The number of aromatic amines is 1. The van der Waals surface area contributed by atoms with Gasteiger partial charge in [0.25, 0.3) is 0 Å². The number of fused-ring (bicyclic) bond motifs is 1. The van der Waals surface area contributed by atoms with E-state index in [0.717, 1.165) is 27.6 Å². The number of nitrogens with one attached hydrogen (secondary N) is 2. The molecule has 0 saturated heterocycles. The number of ether oxygens (including phenoxy) is 1. The molecular weight excluding hydrogens is 424 g/mol. The minimum absolute atomic E-state index is 0.322. The lowest BCUT2D eigenvalue weighted by molar-refractivity contribution is -0.139. The Kier molecular flexibility index (Phi) is 6.78. The number of carboxylic acid groups (broad SMARTS) is 1. The highest BCUT2D eigenvalue weighted by molar-refractivity contribution is 6.30. The average Bonchev–Trinajstić information content (AvgIpc) is 3.18. The van der Waals surface area contributed by atoms with Crippen molar-refractivity contribution in [3.05, 3.63) is 100 Å². The Balaban J connectivity index is 1.47. The van der Waals surface area contributed by atoms with E-state index in [1.54, 1.807) is 6.07 Å². The Labute approximate surface area is 192 Å². The maximum absolute atomic E-state index is 11.9. The van der Waals surface area contributed by atoms with Gasteiger partial charge in [0, 0.05) is 40.7 Å². The molecule has 0 saturated carbocycles. The molecule has 4 rings (SSSR count). The van der Waals surface area contributed by atoms with E-state index in [1.165, 1.54) is 5.56 Å². The Morgan fingerprint density at radius 1 is 1.09 bits per heavy atom. The van der Waals surface area contributed by atoms with E-state index in [9.17, 15) is 9.90 Å². The van der Waals surface area contributed by atoms with Crippen LogP contribution in [0.3, 0.4) is 0 Å². The lowest BCUT2D eigenvalue weighted by Crippen LogP contribution is -2.38. The van der Waals surface area contributed by atoms with Crippen molar-refractivity contribution >= 4 is 28.5 Å². The molecule has 6 heteroatoms. The first-order chi connectivity index (χ1) is 15.5. The van der Waals surface area contributed by atoms with Crippen LogP contribution in [0.2, 0.25) is 5.02 Å². The van der Waals surface area contributed by atoms with Gasteiger partial charge in [-0.2, -0.15) is 0 Å². The van der Waals surface area contributed by atoms with Crippen LogP contribution in [0.4, 0.5) is 0 Å². The predicted molar refractivity (Wildman–Crippen MR) is 127 cm³/mol. The zero-order chi connectivity index (χ0) is 22.5. The summed E-state index contributed by atoms with van der Waals surface area (Å²) in [7, 11) is 0. The highest BCUT2D eigenvalue weighted by Crippen LogP contribution is 2.25. The van der Waals surface area contributed by atoms with E-state index in [0.29, 0.717) is 30.3 Å². The number of benzene rings is 3. The molecule has 164 valence electrons. The van der Waals surface area contributed by atoms with E-state index in [1.807, 2.05) is 67.7 Å². The molecule has 4 aromatic rings. The summed E-state index contributed by atoms with van der Waals surface area (Å²) in [6.45, 7) is 2.79. The van der Waals surface area contributed by atoms with Crippen LogP contribution in [-0.4, -0.2) is 22.1 Å². The molecule has 0 aliphatic carbocycles. The highest BCUT2D eigenvalue weighted by Gasteiger charge is 2.20. The molecule has 0 fully saturated rings. The van der Waals surface area contributed by atoms with Crippen molar-refractivity contribution in [2.24, 2.45) is 0 Å². The largest absolute Gasteiger partial charge is 0.489 e. The molecule has 5 nitrogen and oxygen atoms in total. The fourth-order valence-electron chi connectivity index (χ4n) is 3.79. The number of hydrogen-bond acceptors (Lipinski definition) is 3. The van der Waals surface area contributed by atoms with Crippen molar-refractivity contribution in [1.29, 1.82) is 0 Å². The van der Waals surface area contributed by atoms with Crippen molar-refractivity contribution in [3.8, 4) is 5.75 Å². The van der Waals surface area contributed by atoms with Crippen LogP contribution in [0.1, 0.15) is 22.3 Å². The molecule has 0 amide bonds. The third-order valence-electron chi connectivity index (χ3n) is 5.44. The van der Waals surface area contributed by atoms with Gasteiger partial charge in [0.1, 0.15) is 18.4 Å². The van der Waals surface area contributed by atoms with Crippen LogP contribution >= 0.6 is 11.6 Å². The SMILES string of the molecule is Cc1cccc(COc2ccc(Cl)cc2CN[C@H](Cc2c[nH]c3ccccc23)C(=O)O)c1. The van der Waals surface area contributed by atoms with Gasteiger partial charge in [0.2, 0.25) is 0 Å². The maximum atomic E-state index is 11.9. The normalized spacial score (nSPS) is 12.1. The Morgan fingerprint density at radius 3 is 2.75 bits per heavy atom. The van der Waals surface area contributed by atoms with Gasteiger partial charge in [-0.25, -0.2) is 0 Å². The summed E-state index contributed by atoms with van der Waals surface area (Å²) in [5.74, 6) is -0.223. The third-order valence-corrected chi connectivity index (χ3v) is 5.67. The van der Waals surface area contributed by atoms with Gasteiger partial charge in [-0.05, 0) is 42.3 Å². The summed E-state index contributed by atoms with van der Waals surface area (Å²) in [4.78, 5) is 15.1. The minimum atomic E-state index is -0.903. The molecule has 3 aromatic carbocycles. The third kappa shape index (κ3) is 5.31. The minimum Gasteiger partial charge on any atom is -0.489 e. The van der Waals surface area contributed by atoms with Crippen molar-refractivity contribution < 1.29 is 14.6 Å². The molecule has 3 N–H and O–H groups in total. The molecule has 0 aliphatic heterocycles. The molecule has 1 atom stereocenters. The number of hydrogen-bond donors (Lipinski definition) is 3. The van der Waals surface area contributed by atoms with E-state index >= 15 is 0 Å². The molecule has 1 heterocycles. The first-order valence-electron chi connectivity index (χ1n) is 10.5. The highest BCUT2D eigenvalue weighted by atomic mass is 35.5. The Bertz CT molecular complexity index is 1230. The van der Waals surface area contributed by atoms with Crippen molar-refractivity contribution in [2.45, 2.75) is 32.5 Å². The molecule has 0 spiro atoms. The van der Waals surface area contributed by atoms with Gasteiger partial charge in [-0.15, -0.1) is 0 Å². The van der Waals surface area contributed by atoms with E-state index in [-0.39, 0.29) is 0 Å². The van der Waals surface area contributed by atoms with Crippen LogP contribution in [0.5, 0.6) is 5.75 Å². The van der Waals surface area contributed by atoms with Gasteiger partial charge in [0.05, 0.1) is 0 Å². The zero-order valence-corrected chi connectivity index (χ0v) is 18.5. The van der Waals surface area contributed by atoms with Crippen LogP contribution in [0.15, 0.2) is 72.9 Å². The summed E-state index contributed by atoms with van der Waals surface area (Å²) in [6, 6.07) is 20.7. The van der Waals surface area contributed by atoms with E-state index < -0.39 is 12.0 Å². The van der Waals surface area contributed by atoms with Crippen LogP contribution in [0.25, 0.3) is 10.9 Å². The molecule has 0 radical (unpaired) electrons. The summed E-state index contributed by atoms with van der Waals surface area (Å²) in [6.07, 6.45) is 2.23. The smallest absolute Gasteiger partial charge is 0.321 e. The summed E-state index contributed by atoms with van der Waals surface area (Å²) in [5, 5.41) is 14.6. The quantitative estimate of drug-likeness (QED) is 0.316. The fraction of sp³-hybridized carbons (Fsp3) is 0.192. The number of aliphatic carboxylic acids is 1. The molecule has 0 unspecified atom stereocenters. The van der Waals surface area contributed by atoms with Crippen LogP contribution in [0, 0.1) is 6.92 Å². The van der Waals surface area contributed by atoms with Gasteiger partial charge >= 0.3 is 5.97 Å². The van der Waals surface area contributed by atoms with Gasteiger partial charge in [-0.1, -0.05) is 59.6 Å². The Morgan fingerprint density at radius 2 is 1.94 bits per heavy atom. The number of aromatic nitrogens is 1. The number of halogens is 1. The number of aryl methyl sites for hydroxylation is 1. The number of para-hydroxylation sites is 1. The summed E-state index contributed by atoms with van der Waals surface area (Å²) < 4.78 is 6.04. The van der Waals surface area contributed by atoms with Crippen LogP contribution in [-0.2, 0) is 24.4 Å². The topological polar surface area (TPSA) is 74.3 Å². The molecular formula is C26H25ClN2O3. The van der Waals surface area contributed by atoms with Gasteiger partial charge < -0.3 is 14.8 Å². The number of carboxylic acids is 1. The fourth-order valence-corrected chi connectivity index (χ4v) is 3.99. The van der Waals surface area contributed by atoms with Gasteiger partial charge in [0.15, 0.2) is 0 Å². The average molecular weight is 449 g/mol. The van der Waals surface area contributed by atoms with Crippen molar-refractivity contribution in [1.82, 2.24) is 10.3 Å². The second-order valence-corrected chi connectivity index (χ2v) is 8.30. The van der Waals surface area contributed by atoms with E-state index in [4.69, 9.17) is 16.3 Å². The lowest BCUT2D eigenvalue weighted by Gasteiger charge is -2.17. The second-order valence-electron chi connectivity index (χ2n) is 7.87. The number of H-pyrrole nitrogens is 1. The van der Waals surface area contributed by atoms with Crippen molar-refractivity contribution in [2.75, 3.05) is 0 Å². The molecule has 1 aromatic heterocycles.